The fraction of sp³-hybridized carbons (Fsp3) is 0.179. The van der Waals surface area contributed by atoms with Crippen molar-refractivity contribution >= 4 is 39.9 Å². The van der Waals surface area contributed by atoms with Gasteiger partial charge in [-0.05, 0) is 47.9 Å². The highest BCUT2D eigenvalue weighted by atomic mass is 32.1. The van der Waals surface area contributed by atoms with E-state index in [2.05, 4.69) is 31.3 Å². The molecule has 0 saturated carbocycles. The van der Waals surface area contributed by atoms with Crippen molar-refractivity contribution in [3.8, 4) is 22.3 Å². The van der Waals surface area contributed by atoms with Crippen molar-refractivity contribution in [2.75, 3.05) is 18.0 Å². The summed E-state index contributed by atoms with van der Waals surface area (Å²) in [6.45, 7) is 1.29. The van der Waals surface area contributed by atoms with E-state index in [0.717, 1.165) is 51.3 Å². The zero-order valence-electron chi connectivity index (χ0n) is 20.0. The summed E-state index contributed by atoms with van der Waals surface area (Å²) in [5, 5.41) is 6.72. The van der Waals surface area contributed by atoms with Gasteiger partial charge in [0.15, 0.2) is 0 Å². The molecule has 0 spiro atoms. The molecule has 2 amide bonds. The van der Waals surface area contributed by atoms with Gasteiger partial charge in [0.1, 0.15) is 11.3 Å². The third kappa shape index (κ3) is 4.73. The molecule has 1 saturated heterocycles. The van der Waals surface area contributed by atoms with Crippen LogP contribution in [0.25, 0.3) is 33.3 Å². The maximum atomic E-state index is 12.7. The third-order valence-electron chi connectivity index (χ3n) is 6.52. The molecule has 9 heteroatoms. The molecule has 4 aromatic heterocycles. The number of rotatable bonds is 7. The van der Waals surface area contributed by atoms with Crippen LogP contribution in [0.5, 0.6) is 0 Å². The molecule has 0 bridgehead atoms. The minimum Gasteiger partial charge on any atom is -0.350 e. The summed E-state index contributed by atoms with van der Waals surface area (Å²) in [6.07, 6.45) is 9.36. The number of hydrogen-bond acceptors (Lipinski definition) is 6. The first-order valence-corrected chi connectivity index (χ1v) is 13.0. The van der Waals surface area contributed by atoms with Gasteiger partial charge in [-0.2, -0.15) is 0 Å². The van der Waals surface area contributed by atoms with Crippen LogP contribution in [0.1, 0.15) is 28.3 Å². The molecule has 184 valence electrons. The Hall–Kier alpha value is -4.37. The molecule has 0 aliphatic carbocycles. The number of carbonyl (C=O) groups is 2. The number of benzene rings is 1. The van der Waals surface area contributed by atoms with Crippen molar-refractivity contribution in [3.05, 3.63) is 83.3 Å². The van der Waals surface area contributed by atoms with Crippen LogP contribution in [0.3, 0.4) is 0 Å². The maximum absolute atomic E-state index is 12.7. The molecule has 1 fully saturated rings. The number of anilines is 1. The number of aromatic amines is 1. The van der Waals surface area contributed by atoms with Gasteiger partial charge >= 0.3 is 0 Å². The van der Waals surface area contributed by atoms with E-state index in [9.17, 15) is 9.59 Å². The van der Waals surface area contributed by atoms with Crippen molar-refractivity contribution in [2.24, 2.45) is 0 Å². The highest BCUT2D eigenvalue weighted by Gasteiger charge is 2.21. The Morgan fingerprint density at radius 2 is 1.89 bits per heavy atom. The van der Waals surface area contributed by atoms with Gasteiger partial charge in [0.25, 0.3) is 5.91 Å². The van der Waals surface area contributed by atoms with Gasteiger partial charge in [0.05, 0.1) is 5.01 Å². The Kier molecular flexibility index (Phi) is 6.20. The van der Waals surface area contributed by atoms with Crippen LogP contribution < -0.4 is 10.2 Å². The first-order valence-electron chi connectivity index (χ1n) is 12.2. The molecule has 0 unspecified atom stereocenters. The molecule has 0 radical (unpaired) electrons. The molecule has 1 aromatic carbocycles. The highest BCUT2D eigenvalue weighted by Crippen LogP contribution is 2.31. The quantitative estimate of drug-likeness (QED) is 0.327. The molecule has 6 rings (SSSR count). The molecule has 1 aliphatic heterocycles. The maximum Gasteiger partial charge on any atom is 0.267 e. The number of fused-ring (bicyclic) bond motifs is 1. The number of amides is 2. The minimum atomic E-state index is -0.177. The topological polar surface area (TPSA) is 104 Å². The number of nitrogens with one attached hydrogen (secondary N) is 2. The number of pyridine rings is 2. The number of aromatic nitrogens is 4. The Labute approximate surface area is 217 Å². The summed E-state index contributed by atoms with van der Waals surface area (Å²) in [7, 11) is 0. The number of carbonyl (C=O) groups excluding carboxylic acids is 2. The lowest BCUT2D eigenvalue weighted by Gasteiger charge is -2.16. The van der Waals surface area contributed by atoms with E-state index in [4.69, 9.17) is 0 Å². The second-order valence-electron chi connectivity index (χ2n) is 8.89. The smallest absolute Gasteiger partial charge is 0.267 e. The predicted molar refractivity (Wildman–Crippen MR) is 144 cm³/mol. The summed E-state index contributed by atoms with van der Waals surface area (Å²) >= 11 is 1.58. The van der Waals surface area contributed by atoms with Crippen molar-refractivity contribution in [1.82, 2.24) is 25.3 Å². The van der Waals surface area contributed by atoms with E-state index in [0.29, 0.717) is 30.7 Å². The van der Waals surface area contributed by atoms with Crippen LogP contribution in [0.2, 0.25) is 0 Å². The van der Waals surface area contributed by atoms with Gasteiger partial charge in [-0.1, -0.05) is 12.1 Å². The number of nitrogens with zero attached hydrogens (tertiary/aromatic N) is 4. The third-order valence-corrected chi connectivity index (χ3v) is 7.36. The van der Waals surface area contributed by atoms with Crippen LogP contribution in [0, 0.1) is 0 Å². The van der Waals surface area contributed by atoms with Gasteiger partial charge in [0, 0.05) is 78.3 Å². The second kappa shape index (κ2) is 9.94. The molecular formula is C28H24N6O2S. The predicted octanol–water partition coefficient (Wildman–Crippen LogP) is 4.85. The number of hydrogen-bond donors (Lipinski definition) is 2. The summed E-state index contributed by atoms with van der Waals surface area (Å²) in [6, 6.07) is 13.9. The number of thiazole rings is 1. The standard InChI is InChI=1S/C28H24N6O2S/c35-26-2-1-12-34(26)21-5-3-18(4-6-21)19-14-20(17-29-16-19)22-7-9-31-27-23(22)15-24(33-27)28(36)32-10-8-25-30-11-13-37-25/h3-7,9,11,13-17H,1-2,8,10,12H2,(H,31,33)(H,32,36). The van der Waals surface area contributed by atoms with Crippen molar-refractivity contribution in [2.45, 2.75) is 19.3 Å². The van der Waals surface area contributed by atoms with E-state index >= 15 is 0 Å². The average molecular weight is 509 g/mol. The van der Waals surface area contributed by atoms with Gasteiger partial charge in [0.2, 0.25) is 5.91 Å². The van der Waals surface area contributed by atoms with Gasteiger partial charge < -0.3 is 15.2 Å². The molecule has 8 nitrogen and oxygen atoms in total. The Balaban J connectivity index is 1.23. The summed E-state index contributed by atoms with van der Waals surface area (Å²) in [5.74, 6) is 0.00106. The molecule has 37 heavy (non-hydrogen) atoms. The molecule has 2 N–H and O–H groups in total. The molecule has 0 atom stereocenters. The van der Waals surface area contributed by atoms with E-state index in [1.807, 2.05) is 59.1 Å². The lowest BCUT2D eigenvalue weighted by Crippen LogP contribution is -2.25. The first kappa shape index (κ1) is 23.1. The fourth-order valence-electron chi connectivity index (χ4n) is 4.66. The average Bonchev–Trinajstić information content (AvgIpc) is 3.70. The molecule has 5 heterocycles. The number of H-pyrrole nitrogens is 1. The molecular weight excluding hydrogens is 484 g/mol. The summed E-state index contributed by atoms with van der Waals surface area (Å²) in [5.41, 5.74) is 5.89. The molecule has 5 aromatic rings. The van der Waals surface area contributed by atoms with Crippen LogP contribution in [-0.2, 0) is 11.2 Å². The van der Waals surface area contributed by atoms with E-state index in [1.165, 1.54) is 0 Å². The summed E-state index contributed by atoms with van der Waals surface area (Å²) < 4.78 is 0. The van der Waals surface area contributed by atoms with Crippen LogP contribution in [-0.4, -0.2) is 44.8 Å². The van der Waals surface area contributed by atoms with Crippen LogP contribution in [0.15, 0.2) is 72.6 Å². The zero-order chi connectivity index (χ0) is 25.2. The van der Waals surface area contributed by atoms with Crippen molar-refractivity contribution in [1.29, 1.82) is 0 Å². The summed E-state index contributed by atoms with van der Waals surface area (Å²) in [4.78, 5) is 43.0. The fourth-order valence-corrected chi connectivity index (χ4v) is 5.28. The van der Waals surface area contributed by atoms with Gasteiger partial charge in [-0.25, -0.2) is 9.97 Å². The Morgan fingerprint density at radius 1 is 1.03 bits per heavy atom. The lowest BCUT2D eigenvalue weighted by atomic mass is 10.0. The normalized spacial score (nSPS) is 13.4. The monoisotopic (exact) mass is 508 g/mol. The highest BCUT2D eigenvalue weighted by molar-refractivity contribution is 7.09. The minimum absolute atomic E-state index is 0.177. The first-order chi connectivity index (χ1) is 18.2. The molecule has 1 aliphatic rings. The van der Waals surface area contributed by atoms with Gasteiger partial charge in [-0.15, -0.1) is 11.3 Å². The van der Waals surface area contributed by atoms with Gasteiger partial charge in [-0.3, -0.25) is 14.6 Å². The zero-order valence-corrected chi connectivity index (χ0v) is 20.8. The largest absolute Gasteiger partial charge is 0.350 e. The lowest BCUT2D eigenvalue weighted by molar-refractivity contribution is -0.117. The van der Waals surface area contributed by atoms with E-state index in [-0.39, 0.29) is 11.8 Å². The van der Waals surface area contributed by atoms with Crippen LogP contribution in [0.4, 0.5) is 5.69 Å². The SMILES string of the molecule is O=C(NCCc1nccs1)c1cc2c(-c3cncc(-c4ccc(N5CCCC5=O)cc4)c3)ccnc2[nH]1. The van der Waals surface area contributed by atoms with Crippen molar-refractivity contribution < 1.29 is 9.59 Å². The second-order valence-corrected chi connectivity index (χ2v) is 9.87. The van der Waals surface area contributed by atoms with E-state index < -0.39 is 0 Å². The van der Waals surface area contributed by atoms with Crippen molar-refractivity contribution in [3.63, 3.8) is 0 Å². The Bertz CT molecular complexity index is 1580. The van der Waals surface area contributed by atoms with Crippen LogP contribution >= 0.6 is 11.3 Å². The van der Waals surface area contributed by atoms with E-state index in [1.54, 1.807) is 23.7 Å². The Morgan fingerprint density at radius 3 is 2.68 bits per heavy atom.